The lowest BCUT2D eigenvalue weighted by Crippen LogP contribution is -2.13. The van der Waals surface area contributed by atoms with Gasteiger partial charge in [0.1, 0.15) is 28.7 Å². The molecule has 0 aliphatic carbocycles. The predicted octanol–water partition coefficient (Wildman–Crippen LogP) is 5.86. The molecular formula is C29H19ClFN5O4S. The van der Waals surface area contributed by atoms with Crippen molar-refractivity contribution in [3.63, 3.8) is 0 Å². The minimum atomic E-state index is -4.29. The number of halogens is 2. The lowest BCUT2D eigenvalue weighted by atomic mass is 10.0. The van der Waals surface area contributed by atoms with Crippen molar-refractivity contribution in [2.24, 2.45) is 0 Å². The minimum absolute atomic E-state index is 0.0480. The van der Waals surface area contributed by atoms with Gasteiger partial charge in [-0.2, -0.15) is 5.10 Å². The zero-order chi connectivity index (χ0) is 28.7. The Morgan fingerprint density at radius 3 is 2.37 bits per heavy atom. The molecule has 3 aromatic carbocycles. The van der Waals surface area contributed by atoms with E-state index in [1.54, 1.807) is 48.8 Å². The van der Waals surface area contributed by atoms with Crippen LogP contribution in [0.3, 0.4) is 0 Å². The van der Waals surface area contributed by atoms with Crippen LogP contribution >= 0.6 is 11.6 Å². The van der Waals surface area contributed by atoms with E-state index in [-0.39, 0.29) is 38.3 Å². The summed E-state index contributed by atoms with van der Waals surface area (Å²) in [4.78, 5) is 4.02. The van der Waals surface area contributed by atoms with Crippen LogP contribution in [-0.4, -0.2) is 45.4 Å². The number of benzene rings is 3. The Morgan fingerprint density at radius 1 is 0.927 bits per heavy atom. The maximum absolute atomic E-state index is 15.7. The molecule has 3 heterocycles. The number of sulfone groups is 1. The van der Waals surface area contributed by atoms with Crippen molar-refractivity contribution in [1.82, 2.24) is 24.8 Å². The van der Waals surface area contributed by atoms with Crippen LogP contribution in [0.5, 0.6) is 11.5 Å². The molecule has 0 amide bonds. The van der Waals surface area contributed by atoms with Crippen molar-refractivity contribution in [1.29, 1.82) is 0 Å². The van der Waals surface area contributed by atoms with Crippen molar-refractivity contribution in [2.45, 2.75) is 9.92 Å². The Bertz CT molecular complexity index is 2040. The van der Waals surface area contributed by atoms with Gasteiger partial charge in [0.2, 0.25) is 14.9 Å². The van der Waals surface area contributed by atoms with E-state index in [0.717, 1.165) is 6.07 Å². The second-order valence-electron chi connectivity index (χ2n) is 8.88. The maximum Gasteiger partial charge on any atom is 0.227 e. The second kappa shape index (κ2) is 10.3. The molecule has 12 heteroatoms. The molecule has 0 unspecified atom stereocenters. The highest BCUT2D eigenvalue weighted by molar-refractivity contribution is 7.91. The summed E-state index contributed by atoms with van der Waals surface area (Å²) in [5, 5.41) is 23.2. The summed E-state index contributed by atoms with van der Waals surface area (Å²) < 4.78 is 49.8. The molecule has 204 valence electrons. The second-order valence-corrected chi connectivity index (χ2v) is 11.1. The largest absolute Gasteiger partial charge is 0.506 e. The first kappa shape index (κ1) is 26.4. The fourth-order valence-corrected chi connectivity index (χ4v) is 5.93. The van der Waals surface area contributed by atoms with Gasteiger partial charge in [0, 0.05) is 29.6 Å². The summed E-state index contributed by atoms with van der Waals surface area (Å²) in [6.45, 7) is 0. The van der Waals surface area contributed by atoms with Crippen LogP contribution in [0.2, 0.25) is 5.02 Å². The topological polar surface area (TPSA) is 120 Å². The molecule has 1 N–H and O–H groups in total. The normalized spacial score (nSPS) is 11.6. The lowest BCUT2D eigenvalue weighted by Gasteiger charge is -2.13. The number of aromatic nitrogens is 5. The Kier molecular flexibility index (Phi) is 6.60. The van der Waals surface area contributed by atoms with Crippen molar-refractivity contribution < 1.29 is 22.7 Å². The van der Waals surface area contributed by atoms with Crippen LogP contribution in [-0.2, 0) is 9.84 Å². The summed E-state index contributed by atoms with van der Waals surface area (Å²) in [5.41, 5.74) is 1.76. The first-order chi connectivity index (χ1) is 19.8. The molecular weight excluding hydrogens is 569 g/mol. The van der Waals surface area contributed by atoms with Gasteiger partial charge in [0.15, 0.2) is 5.65 Å². The molecule has 6 rings (SSSR count). The summed E-state index contributed by atoms with van der Waals surface area (Å²) in [7, 11) is -2.89. The van der Waals surface area contributed by atoms with Crippen molar-refractivity contribution in [2.75, 3.05) is 7.11 Å². The number of nitrogens with zero attached hydrogens (tertiary/aromatic N) is 5. The van der Waals surface area contributed by atoms with Crippen LogP contribution in [0, 0.1) is 5.82 Å². The summed E-state index contributed by atoms with van der Waals surface area (Å²) in [6, 6.07) is 19.8. The SMILES string of the molecule is COc1ccc(-c2c(S(=O)(=O)c3ccccc3)nnc3c(-c4ccc(Cl)c(O)c4)c(-c4ccncc4)nn23)c(F)c1. The quantitative estimate of drug-likeness (QED) is 0.257. The molecule has 0 fully saturated rings. The molecule has 6 aromatic rings. The molecule has 3 aromatic heterocycles. The van der Waals surface area contributed by atoms with Crippen LogP contribution < -0.4 is 4.74 Å². The van der Waals surface area contributed by atoms with Gasteiger partial charge in [-0.3, -0.25) is 4.98 Å². The van der Waals surface area contributed by atoms with Gasteiger partial charge < -0.3 is 9.84 Å². The van der Waals surface area contributed by atoms with E-state index >= 15 is 4.39 Å². The highest BCUT2D eigenvalue weighted by Gasteiger charge is 2.31. The van der Waals surface area contributed by atoms with Crippen molar-refractivity contribution >= 4 is 27.1 Å². The number of hydrogen-bond acceptors (Lipinski definition) is 8. The van der Waals surface area contributed by atoms with E-state index in [9.17, 15) is 13.5 Å². The average Bonchev–Trinajstić information content (AvgIpc) is 3.39. The Morgan fingerprint density at radius 2 is 1.68 bits per heavy atom. The maximum atomic E-state index is 15.7. The standard InChI is InChI=1S/C29H19ClFN5O4S/c1-40-19-8-9-21(23(31)16-19)27-29(41(38,39)20-5-3-2-4-6-20)34-33-28-25(18-7-10-22(30)24(37)15-18)26(35-36(27)28)17-11-13-32-14-12-17/h2-16,37H,1H3. The Balaban J connectivity index is 1.76. The summed E-state index contributed by atoms with van der Waals surface area (Å²) >= 11 is 6.07. The van der Waals surface area contributed by atoms with E-state index in [0.29, 0.717) is 22.4 Å². The molecule has 9 nitrogen and oxygen atoms in total. The molecule has 41 heavy (non-hydrogen) atoms. The highest BCUT2D eigenvalue weighted by Crippen LogP contribution is 2.40. The first-order valence-corrected chi connectivity index (χ1v) is 14.0. The van der Waals surface area contributed by atoms with Crippen LogP contribution in [0.25, 0.3) is 39.3 Å². The summed E-state index contributed by atoms with van der Waals surface area (Å²) in [5.74, 6) is -0.691. The van der Waals surface area contributed by atoms with Crippen LogP contribution in [0.4, 0.5) is 4.39 Å². The minimum Gasteiger partial charge on any atom is -0.506 e. The van der Waals surface area contributed by atoms with E-state index in [4.69, 9.17) is 21.4 Å². The first-order valence-electron chi connectivity index (χ1n) is 12.1. The third-order valence-corrected chi connectivity index (χ3v) is 8.44. The predicted molar refractivity (Wildman–Crippen MR) is 150 cm³/mol. The number of fused-ring (bicyclic) bond motifs is 1. The third kappa shape index (κ3) is 4.54. The fourth-order valence-electron chi connectivity index (χ4n) is 4.47. The monoisotopic (exact) mass is 587 g/mol. The molecule has 0 aliphatic rings. The van der Waals surface area contributed by atoms with Crippen molar-refractivity contribution in [3.05, 3.63) is 102 Å². The third-order valence-electron chi connectivity index (χ3n) is 6.44. The number of aromatic hydroxyl groups is 1. The zero-order valence-electron chi connectivity index (χ0n) is 21.2. The zero-order valence-corrected chi connectivity index (χ0v) is 22.8. The van der Waals surface area contributed by atoms with Gasteiger partial charge in [0.25, 0.3) is 0 Å². The van der Waals surface area contributed by atoms with Crippen LogP contribution in [0.15, 0.2) is 101 Å². The van der Waals surface area contributed by atoms with E-state index < -0.39 is 20.7 Å². The van der Waals surface area contributed by atoms with Gasteiger partial charge in [-0.1, -0.05) is 35.9 Å². The van der Waals surface area contributed by atoms with Gasteiger partial charge in [-0.25, -0.2) is 17.3 Å². The molecule has 0 atom stereocenters. The smallest absolute Gasteiger partial charge is 0.227 e. The van der Waals surface area contributed by atoms with Crippen LogP contribution in [0.1, 0.15) is 0 Å². The van der Waals surface area contributed by atoms with Gasteiger partial charge in [-0.05, 0) is 54.1 Å². The molecule has 0 radical (unpaired) electrons. The van der Waals surface area contributed by atoms with Gasteiger partial charge >= 0.3 is 0 Å². The summed E-state index contributed by atoms with van der Waals surface area (Å²) in [6.07, 6.45) is 3.15. The molecule has 0 saturated carbocycles. The number of methoxy groups -OCH3 is 1. The molecule has 0 bridgehead atoms. The van der Waals surface area contributed by atoms with E-state index in [1.165, 1.54) is 48.0 Å². The Labute approximate surface area is 238 Å². The molecule has 0 spiro atoms. The molecule has 0 saturated heterocycles. The van der Waals surface area contributed by atoms with E-state index in [2.05, 4.69) is 15.2 Å². The lowest BCUT2D eigenvalue weighted by molar-refractivity contribution is 0.411. The van der Waals surface area contributed by atoms with Crippen molar-refractivity contribution in [3.8, 4) is 45.1 Å². The van der Waals surface area contributed by atoms with E-state index in [1.807, 2.05) is 0 Å². The van der Waals surface area contributed by atoms with Gasteiger partial charge in [-0.15, -0.1) is 10.2 Å². The number of phenols is 1. The Hall–Kier alpha value is -4.87. The number of phenolic OH excluding ortho intramolecular Hbond substituents is 1. The fraction of sp³-hybridized carbons (Fsp3) is 0.0345. The number of ether oxygens (including phenoxy) is 1. The molecule has 0 aliphatic heterocycles. The average molecular weight is 588 g/mol. The highest BCUT2D eigenvalue weighted by atomic mass is 35.5. The number of pyridine rings is 1. The number of hydrogen-bond donors (Lipinski definition) is 1. The number of rotatable bonds is 6. The van der Waals surface area contributed by atoms with Gasteiger partial charge in [0.05, 0.1) is 22.6 Å².